The zero-order chi connectivity index (χ0) is 24.0. The summed E-state index contributed by atoms with van der Waals surface area (Å²) in [5.41, 5.74) is 0.987. The number of rotatable bonds is 10. The Labute approximate surface area is 194 Å². The molecule has 3 rings (SSSR count). The number of amides is 1. The van der Waals surface area contributed by atoms with Crippen LogP contribution in [-0.4, -0.2) is 59.4 Å². The molecule has 176 valence electrons. The van der Waals surface area contributed by atoms with E-state index >= 15 is 0 Å². The summed E-state index contributed by atoms with van der Waals surface area (Å²) in [7, 11) is 0. The molecule has 1 atom stereocenters. The van der Waals surface area contributed by atoms with Crippen LogP contribution in [0.15, 0.2) is 54.1 Å². The minimum Gasteiger partial charge on any atom is -0.507 e. The first-order valence-electron chi connectivity index (χ1n) is 11.4. The van der Waals surface area contributed by atoms with Crippen LogP contribution in [0.2, 0.25) is 0 Å². The summed E-state index contributed by atoms with van der Waals surface area (Å²) >= 11 is 0. The number of likely N-dealkylation sites (tertiary alicyclic amines) is 1. The van der Waals surface area contributed by atoms with Gasteiger partial charge in [-0.05, 0) is 61.5 Å². The molecule has 0 radical (unpaired) electrons. The Bertz CT molecular complexity index is 998. The number of Topliss-reactive ketones (excluding diaryl/α,β-unsaturated/α-hetero) is 1. The van der Waals surface area contributed by atoms with Gasteiger partial charge in [-0.15, -0.1) is 0 Å². The third-order valence-electron chi connectivity index (χ3n) is 5.88. The van der Waals surface area contributed by atoms with Crippen molar-refractivity contribution in [1.82, 2.24) is 9.80 Å². The Balaban J connectivity index is 2.02. The molecular formula is C26H31FN2O4. The highest BCUT2D eigenvalue weighted by molar-refractivity contribution is 6.46. The van der Waals surface area contributed by atoms with Gasteiger partial charge in [0.25, 0.3) is 11.7 Å². The average molecular weight is 455 g/mol. The van der Waals surface area contributed by atoms with Gasteiger partial charge in [-0.3, -0.25) is 9.59 Å². The maximum atomic E-state index is 13.6. The van der Waals surface area contributed by atoms with E-state index in [9.17, 15) is 19.1 Å². The molecule has 0 saturated carbocycles. The van der Waals surface area contributed by atoms with E-state index in [0.29, 0.717) is 36.6 Å². The molecule has 1 aliphatic heterocycles. The average Bonchev–Trinajstić information content (AvgIpc) is 3.08. The first-order valence-corrected chi connectivity index (χ1v) is 11.4. The van der Waals surface area contributed by atoms with Crippen LogP contribution in [0.5, 0.6) is 5.75 Å². The molecule has 1 N–H and O–H groups in total. The standard InChI is InChI=1S/C26H31FN2O4/c1-4-17-33-21-13-9-19(10-14-21)24(30)22-23(18-7-11-20(27)12-8-18)29(26(32)25(22)31)16-15-28(5-2)6-3/h7-14,23,30H,4-6,15-17H2,1-3H3/b24-22-. The van der Waals surface area contributed by atoms with Gasteiger partial charge < -0.3 is 19.6 Å². The molecule has 0 bridgehead atoms. The second kappa shape index (κ2) is 11.1. The molecular weight excluding hydrogens is 423 g/mol. The van der Waals surface area contributed by atoms with Crippen LogP contribution in [-0.2, 0) is 9.59 Å². The van der Waals surface area contributed by atoms with Gasteiger partial charge in [0.2, 0.25) is 0 Å². The van der Waals surface area contributed by atoms with E-state index in [2.05, 4.69) is 4.90 Å². The Morgan fingerprint density at radius 1 is 1.03 bits per heavy atom. The van der Waals surface area contributed by atoms with Crippen molar-refractivity contribution in [2.75, 3.05) is 32.8 Å². The lowest BCUT2D eigenvalue weighted by molar-refractivity contribution is -0.140. The second-order valence-corrected chi connectivity index (χ2v) is 7.94. The van der Waals surface area contributed by atoms with Crippen molar-refractivity contribution < 1.29 is 23.8 Å². The number of nitrogens with zero attached hydrogens (tertiary/aromatic N) is 2. The highest BCUT2D eigenvalue weighted by atomic mass is 19.1. The minimum absolute atomic E-state index is 0.00776. The van der Waals surface area contributed by atoms with Gasteiger partial charge in [-0.25, -0.2) is 4.39 Å². The SMILES string of the molecule is CCCOc1ccc(/C(O)=C2/C(=O)C(=O)N(CCN(CC)CC)C2c2ccc(F)cc2)cc1. The van der Waals surface area contributed by atoms with Crippen molar-refractivity contribution >= 4 is 17.4 Å². The third kappa shape index (κ3) is 5.42. The van der Waals surface area contributed by atoms with Gasteiger partial charge >= 0.3 is 0 Å². The van der Waals surface area contributed by atoms with E-state index < -0.39 is 23.5 Å². The molecule has 6 nitrogen and oxygen atoms in total. The fraction of sp³-hybridized carbons (Fsp3) is 0.385. The smallest absolute Gasteiger partial charge is 0.295 e. The fourth-order valence-electron chi connectivity index (χ4n) is 3.98. The molecule has 1 saturated heterocycles. The molecule has 33 heavy (non-hydrogen) atoms. The summed E-state index contributed by atoms with van der Waals surface area (Å²) in [4.78, 5) is 29.7. The lowest BCUT2D eigenvalue weighted by Gasteiger charge is -2.28. The predicted molar refractivity (Wildman–Crippen MR) is 125 cm³/mol. The van der Waals surface area contributed by atoms with Crippen molar-refractivity contribution in [3.05, 3.63) is 71.0 Å². The number of hydrogen-bond acceptors (Lipinski definition) is 5. The molecule has 1 aliphatic rings. The summed E-state index contributed by atoms with van der Waals surface area (Å²) in [6.07, 6.45) is 0.871. The van der Waals surface area contributed by atoms with Gasteiger partial charge in [0, 0.05) is 18.7 Å². The molecule has 0 aliphatic carbocycles. The van der Waals surface area contributed by atoms with E-state index in [1.807, 2.05) is 20.8 Å². The molecule has 2 aromatic rings. The Kier molecular flexibility index (Phi) is 8.22. The normalized spacial score (nSPS) is 17.7. The summed E-state index contributed by atoms with van der Waals surface area (Å²) in [5.74, 6) is -1.42. The monoisotopic (exact) mass is 454 g/mol. The van der Waals surface area contributed by atoms with Crippen molar-refractivity contribution in [1.29, 1.82) is 0 Å². The third-order valence-corrected chi connectivity index (χ3v) is 5.88. The summed E-state index contributed by atoms with van der Waals surface area (Å²) in [6.45, 7) is 9.17. The summed E-state index contributed by atoms with van der Waals surface area (Å²) in [6, 6.07) is 11.6. The fourth-order valence-corrected chi connectivity index (χ4v) is 3.98. The molecule has 1 unspecified atom stereocenters. The van der Waals surface area contributed by atoms with E-state index in [1.54, 1.807) is 36.4 Å². The number of benzene rings is 2. The van der Waals surface area contributed by atoms with E-state index in [0.717, 1.165) is 19.5 Å². The van der Waals surface area contributed by atoms with Crippen LogP contribution in [0.25, 0.3) is 5.76 Å². The van der Waals surface area contributed by atoms with Crippen LogP contribution in [0, 0.1) is 5.82 Å². The lowest BCUT2D eigenvalue weighted by atomic mass is 9.95. The van der Waals surface area contributed by atoms with Crippen molar-refractivity contribution in [3.8, 4) is 5.75 Å². The van der Waals surface area contributed by atoms with Crippen molar-refractivity contribution in [2.24, 2.45) is 0 Å². The van der Waals surface area contributed by atoms with Crippen molar-refractivity contribution in [2.45, 2.75) is 33.2 Å². The van der Waals surface area contributed by atoms with E-state index in [-0.39, 0.29) is 11.3 Å². The zero-order valence-corrected chi connectivity index (χ0v) is 19.4. The Hall–Kier alpha value is -3.19. The molecule has 1 amide bonds. The van der Waals surface area contributed by atoms with Gasteiger partial charge in [-0.2, -0.15) is 0 Å². The topological polar surface area (TPSA) is 70.1 Å². The highest BCUT2D eigenvalue weighted by Crippen LogP contribution is 2.39. The van der Waals surface area contributed by atoms with Crippen LogP contribution in [0.3, 0.4) is 0 Å². The number of hydrogen-bond donors (Lipinski definition) is 1. The number of carbonyl (C=O) groups excluding carboxylic acids is 2. The summed E-state index contributed by atoms with van der Waals surface area (Å²) in [5, 5.41) is 11.1. The van der Waals surface area contributed by atoms with Crippen LogP contribution < -0.4 is 4.74 Å². The van der Waals surface area contributed by atoms with Gasteiger partial charge in [0.15, 0.2) is 0 Å². The predicted octanol–water partition coefficient (Wildman–Crippen LogP) is 4.38. The van der Waals surface area contributed by atoms with E-state index in [1.165, 1.54) is 17.0 Å². The quantitative estimate of drug-likeness (QED) is 0.328. The first-order chi connectivity index (χ1) is 15.9. The van der Waals surface area contributed by atoms with Crippen LogP contribution >= 0.6 is 0 Å². The van der Waals surface area contributed by atoms with Gasteiger partial charge in [0.05, 0.1) is 18.2 Å². The maximum Gasteiger partial charge on any atom is 0.295 e. The second-order valence-electron chi connectivity index (χ2n) is 7.94. The van der Waals surface area contributed by atoms with Gasteiger partial charge in [0.1, 0.15) is 17.3 Å². The summed E-state index contributed by atoms with van der Waals surface area (Å²) < 4.78 is 19.2. The number of carbonyl (C=O) groups is 2. The Morgan fingerprint density at radius 3 is 2.24 bits per heavy atom. The number of halogens is 1. The van der Waals surface area contributed by atoms with Gasteiger partial charge in [-0.1, -0.05) is 32.9 Å². The molecule has 7 heteroatoms. The Morgan fingerprint density at radius 2 is 1.67 bits per heavy atom. The molecule has 1 fully saturated rings. The first kappa shape index (κ1) is 24.5. The maximum absolute atomic E-state index is 13.6. The largest absolute Gasteiger partial charge is 0.507 e. The molecule has 0 spiro atoms. The number of likely N-dealkylation sites (N-methyl/N-ethyl adjacent to an activating group) is 1. The highest BCUT2D eigenvalue weighted by Gasteiger charge is 2.45. The van der Waals surface area contributed by atoms with Crippen LogP contribution in [0.1, 0.15) is 44.4 Å². The molecule has 0 aromatic heterocycles. The number of aliphatic hydroxyl groups excluding tert-OH is 1. The van der Waals surface area contributed by atoms with Crippen molar-refractivity contribution in [3.63, 3.8) is 0 Å². The number of ether oxygens (including phenoxy) is 1. The minimum atomic E-state index is -0.794. The lowest BCUT2D eigenvalue weighted by Crippen LogP contribution is -2.38. The number of aliphatic hydroxyl groups is 1. The van der Waals surface area contributed by atoms with E-state index in [4.69, 9.17) is 4.74 Å². The molecule has 2 aromatic carbocycles. The number of ketones is 1. The van der Waals surface area contributed by atoms with Crippen LogP contribution in [0.4, 0.5) is 4.39 Å². The molecule has 1 heterocycles. The zero-order valence-electron chi connectivity index (χ0n) is 19.4.